The minimum absolute atomic E-state index is 0.809. The van der Waals surface area contributed by atoms with Gasteiger partial charge in [0.25, 0.3) is 0 Å². The third kappa shape index (κ3) is 3.95. The fourth-order valence-corrected chi connectivity index (χ4v) is 3.57. The third-order valence-corrected chi connectivity index (χ3v) is 4.90. The molecule has 6 heteroatoms. The molecule has 6 nitrogen and oxygen atoms in total. The molecule has 3 heterocycles. The van der Waals surface area contributed by atoms with Crippen LogP contribution in [-0.4, -0.2) is 67.1 Å². The number of nitrogens with one attached hydrogen (secondary N) is 2. The Morgan fingerprint density at radius 2 is 1.67 bits per heavy atom. The van der Waals surface area contributed by atoms with Crippen LogP contribution in [0.5, 0.6) is 0 Å². The Morgan fingerprint density at radius 3 is 2.50 bits per heavy atom. The molecule has 0 unspecified atom stereocenters. The first kappa shape index (κ1) is 16.0. The first-order valence-electron chi connectivity index (χ1n) is 9.11. The molecular formula is C18H27N5O. The molecule has 2 aromatic rings. The van der Waals surface area contributed by atoms with Crippen LogP contribution < -0.4 is 10.6 Å². The standard InChI is InChI=1S/C18H27N5O/c1-4-19-5-9-22(8-1)13-15-2-3-17-16(12-15)21-18(24-17)14-23-10-6-20-7-11-23/h2-3,12,19-20H,1,4-11,13-14H2. The summed E-state index contributed by atoms with van der Waals surface area (Å²) in [5.41, 5.74) is 3.22. The molecule has 2 fully saturated rings. The molecule has 2 aliphatic rings. The van der Waals surface area contributed by atoms with Crippen molar-refractivity contribution in [3.05, 3.63) is 29.7 Å². The highest BCUT2D eigenvalue weighted by atomic mass is 16.3. The molecule has 1 aromatic carbocycles. The zero-order chi connectivity index (χ0) is 16.2. The summed E-state index contributed by atoms with van der Waals surface area (Å²) in [6.45, 7) is 10.5. The zero-order valence-electron chi connectivity index (χ0n) is 14.3. The smallest absolute Gasteiger partial charge is 0.209 e. The molecule has 0 amide bonds. The molecule has 24 heavy (non-hydrogen) atoms. The number of hydrogen-bond acceptors (Lipinski definition) is 6. The molecule has 0 radical (unpaired) electrons. The Balaban J connectivity index is 1.44. The molecule has 0 aliphatic carbocycles. The molecule has 0 atom stereocenters. The van der Waals surface area contributed by atoms with Gasteiger partial charge in [-0.15, -0.1) is 0 Å². The lowest BCUT2D eigenvalue weighted by Gasteiger charge is -2.25. The minimum atomic E-state index is 0.809. The quantitative estimate of drug-likeness (QED) is 0.874. The van der Waals surface area contributed by atoms with Crippen LogP contribution in [0.1, 0.15) is 17.9 Å². The first-order valence-corrected chi connectivity index (χ1v) is 9.11. The SMILES string of the molecule is c1cc2oc(CN3CCNCC3)nc2cc1CN1CCCNCC1. The van der Waals surface area contributed by atoms with Gasteiger partial charge in [-0.1, -0.05) is 6.07 Å². The molecular weight excluding hydrogens is 302 g/mol. The van der Waals surface area contributed by atoms with Gasteiger partial charge >= 0.3 is 0 Å². The lowest BCUT2D eigenvalue weighted by molar-refractivity contribution is 0.214. The van der Waals surface area contributed by atoms with E-state index in [1.54, 1.807) is 0 Å². The topological polar surface area (TPSA) is 56.6 Å². The van der Waals surface area contributed by atoms with Crippen LogP contribution >= 0.6 is 0 Å². The molecule has 0 bridgehead atoms. The second kappa shape index (κ2) is 7.61. The molecule has 0 saturated carbocycles. The highest BCUT2D eigenvalue weighted by molar-refractivity contribution is 5.73. The van der Waals surface area contributed by atoms with E-state index < -0.39 is 0 Å². The summed E-state index contributed by atoms with van der Waals surface area (Å²) in [6, 6.07) is 6.45. The molecule has 2 N–H and O–H groups in total. The van der Waals surface area contributed by atoms with E-state index in [9.17, 15) is 0 Å². The first-order chi connectivity index (χ1) is 11.9. The zero-order valence-corrected chi connectivity index (χ0v) is 14.3. The van der Waals surface area contributed by atoms with Gasteiger partial charge in [0.1, 0.15) is 5.52 Å². The van der Waals surface area contributed by atoms with Gasteiger partial charge in [-0.3, -0.25) is 9.80 Å². The summed E-state index contributed by atoms with van der Waals surface area (Å²) in [5.74, 6) is 0.836. The van der Waals surface area contributed by atoms with E-state index >= 15 is 0 Å². The Hall–Kier alpha value is -1.47. The van der Waals surface area contributed by atoms with E-state index in [-0.39, 0.29) is 0 Å². The second-order valence-electron chi connectivity index (χ2n) is 6.82. The predicted octanol–water partition coefficient (Wildman–Crippen LogP) is 1.03. The van der Waals surface area contributed by atoms with Gasteiger partial charge < -0.3 is 15.1 Å². The van der Waals surface area contributed by atoms with Crippen molar-refractivity contribution < 1.29 is 4.42 Å². The van der Waals surface area contributed by atoms with Crippen molar-refractivity contribution in [1.29, 1.82) is 0 Å². The minimum Gasteiger partial charge on any atom is -0.439 e. The van der Waals surface area contributed by atoms with E-state index in [2.05, 4.69) is 38.6 Å². The molecule has 1 aromatic heterocycles. The lowest BCUT2D eigenvalue weighted by atomic mass is 10.2. The van der Waals surface area contributed by atoms with Crippen LogP contribution in [0.25, 0.3) is 11.1 Å². The lowest BCUT2D eigenvalue weighted by Crippen LogP contribution is -2.42. The fraction of sp³-hybridized carbons (Fsp3) is 0.611. The van der Waals surface area contributed by atoms with Gasteiger partial charge in [-0.05, 0) is 37.2 Å². The maximum absolute atomic E-state index is 5.94. The summed E-state index contributed by atoms with van der Waals surface area (Å²) in [4.78, 5) is 9.63. The third-order valence-electron chi connectivity index (χ3n) is 4.90. The number of piperazine rings is 1. The van der Waals surface area contributed by atoms with Crippen LogP contribution in [0.15, 0.2) is 22.6 Å². The molecule has 130 valence electrons. The van der Waals surface area contributed by atoms with Crippen molar-refractivity contribution >= 4 is 11.1 Å². The molecule has 0 spiro atoms. The fourth-order valence-electron chi connectivity index (χ4n) is 3.57. The maximum atomic E-state index is 5.94. The van der Waals surface area contributed by atoms with Crippen molar-refractivity contribution in [2.24, 2.45) is 0 Å². The Bertz CT molecular complexity index is 656. The Morgan fingerprint density at radius 1 is 0.917 bits per heavy atom. The van der Waals surface area contributed by atoms with Crippen LogP contribution in [0.2, 0.25) is 0 Å². The molecule has 2 aliphatic heterocycles. The molecule has 2 saturated heterocycles. The number of aromatic nitrogens is 1. The van der Waals surface area contributed by atoms with Gasteiger partial charge in [-0.25, -0.2) is 4.98 Å². The highest BCUT2D eigenvalue weighted by Gasteiger charge is 2.15. The van der Waals surface area contributed by atoms with Crippen molar-refractivity contribution in [2.45, 2.75) is 19.5 Å². The van der Waals surface area contributed by atoms with Crippen molar-refractivity contribution in [1.82, 2.24) is 25.4 Å². The van der Waals surface area contributed by atoms with Crippen LogP contribution in [0, 0.1) is 0 Å². The maximum Gasteiger partial charge on any atom is 0.209 e. The van der Waals surface area contributed by atoms with Crippen LogP contribution in [-0.2, 0) is 13.1 Å². The summed E-state index contributed by atoms with van der Waals surface area (Å²) < 4.78 is 5.94. The normalized spacial score (nSPS) is 21.2. The largest absolute Gasteiger partial charge is 0.439 e. The van der Waals surface area contributed by atoms with E-state index in [4.69, 9.17) is 9.40 Å². The van der Waals surface area contributed by atoms with Gasteiger partial charge in [0.2, 0.25) is 5.89 Å². The predicted molar refractivity (Wildman–Crippen MR) is 94.9 cm³/mol. The van der Waals surface area contributed by atoms with E-state index in [0.717, 1.165) is 82.4 Å². The van der Waals surface area contributed by atoms with E-state index in [0.29, 0.717) is 0 Å². The number of fused-ring (bicyclic) bond motifs is 1. The Labute approximate surface area is 143 Å². The number of rotatable bonds is 4. The monoisotopic (exact) mass is 329 g/mol. The van der Waals surface area contributed by atoms with Crippen molar-refractivity contribution in [3.63, 3.8) is 0 Å². The average Bonchev–Trinajstić information content (AvgIpc) is 2.81. The summed E-state index contributed by atoms with van der Waals surface area (Å²) in [6.07, 6.45) is 1.22. The average molecular weight is 329 g/mol. The molecule has 4 rings (SSSR count). The summed E-state index contributed by atoms with van der Waals surface area (Å²) >= 11 is 0. The van der Waals surface area contributed by atoms with E-state index in [1.165, 1.54) is 12.0 Å². The van der Waals surface area contributed by atoms with E-state index in [1.807, 2.05) is 0 Å². The highest BCUT2D eigenvalue weighted by Crippen LogP contribution is 2.19. The summed E-state index contributed by atoms with van der Waals surface area (Å²) in [7, 11) is 0. The van der Waals surface area contributed by atoms with Gasteiger partial charge in [-0.2, -0.15) is 0 Å². The van der Waals surface area contributed by atoms with Crippen molar-refractivity contribution in [3.8, 4) is 0 Å². The van der Waals surface area contributed by atoms with Gasteiger partial charge in [0.05, 0.1) is 6.54 Å². The number of benzene rings is 1. The van der Waals surface area contributed by atoms with Crippen LogP contribution in [0.3, 0.4) is 0 Å². The van der Waals surface area contributed by atoms with Crippen molar-refractivity contribution in [2.75, 3.05) is 52.4 Å². The van der Waals surface area contributed by atoms with Gasteiger partial charge in [0, 0.05) is 45.8 Å². The number of nitrogens with zero attached hydrogens (tertiary/aromatic N) is 3. The number of hydrogen-bond donors (Lipinski definition) is 2. The van der Waals surface area contributed by atoms with Gasteiger partial charge in [0.15, 0.2) is 5.58 Å². The van der Waals surface area contributed by atoms with Crippen LogP contribution in [0.4, 0.5) is 0 Å². The summed E-state index contributed by atoms with van der Waals surface area (Å²) in [5, 5.41) is 6.83. The second-order valence-corrected chi connectivity index (χ2v) is 6.82. The number of oxazole rings is 1. The Kier molecular flexibility index (Phi) is 5.08.